The van der Waals surface area contributed by atoms with Crippen molar-refractivity contribution in [1.82, 2.24) is 4.98 Å². The molecule has 0 radical (unpaired) electrons. The van der Waals surface area contributed by atoms with Gasteiger partial charge in [-0.3, -0.25) is 0 Å². The SMILES string of the molecule is CC.CC.NCCc1c[nH]c2ccc(O)cc12. The molecule has 2 aromatic rings. The topological polar surface area (TPSA) is 62.0 Å². The molecule has 0 amide bonds. The Morgan fingerprint density at radius 2 is 1.82 bits per heavy atom. The second kappa shape index (κ2) is 8.65. The molecule has 2 rings (SSSR count). The van der Waals surface area contributed by atoms with Crippen molar-refractivity contribution in [1.29, 1.82) is 0 Å². The molecular weight excluding hydrogens is 212 g/mol. The van der Waals surface area contributed by atoms with Gasteiger partial charge in [-0.05, 0) is 36.7 Å². The maximum absolute atomic E-state index is 9.30. The van der Waals surface area contributed by atoms with Crippen LogP contribution in [0.25, 0.3) is 10.9 Å². The quantitative estimate of drug-likeness (QED) is 0.748. The van der Waals surface area contributed by atoms with E-state index in [0.717, 1.165) is 22.9 Å². The van der Waals surface area contributed by atoms with Gasteiger partial charge in [0.25, 0.3) is 0 Å². The molecule has 0 aliphatic carbocycles. The van der Waals surface area contributed by atoms with Crippen LogP contribution < -0.4 is 5.73 Å². The summed E-state index contributed by atoms with van der Waals surface area (Å²) in [7, 11) is 0. The minimum absolute atomic E-state index is 0.297. The number of nitrogens with one attached hydrogen (secondary N) is 1. The number of rotatable bonds is 2. The van der Waals surface area contributed by atoms with Crippen LogP contribution in [0.2, 0.25) is 0 Å². The molecule has 0 atom stereocenters. The molecule has 0 spiro atoms. The third kappa shape index (κ3) is 4.11. The lowest BCUT2D eigenvalue weighted by Gasteiger charge is -1.96. The first-order valence-electron chi connectivity index (χ1n) is 6.30. The van der Waals surface area contributed by atoms with Gasteiger partial charge in [-0.1, -0.05) is 27.7 Å². The van der Waals surface area contributed by atoms with Crippen molar-refractivity contribution in [2.45, 2.75) is 34.1 Å². The molecule has 0 saturated carbocycles. The fourth-order valence-electron chi connectivity index (χ4n) is 1.53. The molecule has 1 aromatic heterocycles. The summed E-state index contributed by atoms with van der Waals surface area (Å²) < 4.78 is 0. The number of nitrogens with two attached hydrogens (primary N) is 1. The van der Waals surface area contributed by atoms with E-state index in [-0.39, 0.29) is 0 Å². The third-order valence-electron chi connectivity index (χ3n) is 2.16. The lowest BCUT2D eigenvalue weighted by molar-refractivity contribution is 0.476. The van der Waals surface area contributed by atoms with Crippen LogP contribution in [0, 0.1) is 0 Å². The lowest BCUT2D eigenvalue weighted by atomic mass is 10.1. The molecule has 96 valence electrons. The molecule has 1 aromatic carbocycles. The zero-order valence-corrected chi connectivity index (χ0v) is 11.2. The molecule has 0 bridgehead atoms. The number of H-pyrrole nitrogens is 1. The third-order valence-corrected chi connectivity index (χ3v) is 2.16. The van der Waals surface area contributed by atoms with Crippen LogP contribution in [0.1, 0.15) is 33.3 Å². The van der Waals surface area contributed by atoms with Gasteiger partial charge >= 0.3 is 0 Å². The second-order valence-corrected chi connectivity index (χ2v) is 3.08. The zero-order valence-electron chi connectivity index (χ0n) is 11.2. The number of aromatic nitrogens is 1. The summed E-state index contributed by atoms with van der Waals surface area (Å²) in [5.74, 6) is 0.297. The summed E-state index contributed by atoms with van der Waals surface area (Å²) in [6.07, 6.45) is 2.78. The molecular formula is C14H24N2O. The van der Waals surface area contributed by atoms with Crippen LogP contribution in [-0.2, 0) is 6.42 Å². The van der Waals surface area contributed by atoms with E-state index >= 15 is 0 Å². The number of aromatic hydroxyl groups is 1. The van der Waals surface area contributed by atoms with Gasteiger partial charge in [0.1, 0.15) is 5.75 Å². The average molecular weight is 236 g/mol. The number of phenolic OH excluding ortho intramolecular Hbond substituents is 1. The van der Waals surface area contributed by atoms with E-state index in [9.17, 15) is 5.11 Å². The number of phenols is 1. The largest absolute Gasteiger partial charge is 0.508 e. The highest BCUT2D eigenvalue weighted by Crippen LogP contribution is 2.22. The first-order valence-corrected chi connectivity index (χ1v) is 6.30. The summed E-state index contributed by atoms with van der Waals surface area (Å²) in [6.45, 7) is 8.63. The Morgan fingerprint density at radius 1 is 1.18 bits per heavy atom. The van der Waals surface area contributed by atoms with Crippen molar-refractivity contribution in [3.05, 3.63) is 30.0 Å². The molecule has 0 aliphatic heterocycles. The highest BCUT2D eigenvalue weighted by molar-refractivity contribution is 5.84. The average Bonchev–Trinajstić information content (AvgIpc) is 2.78. The van der Waals surface area contributed by atoms with Crippen molar-refractivity contribution >= 4 is 10.9 Å². The maximum Gasteiger partial charge on any atom is 0.116 e. The number of fused-ring (bicyclic) bond motifs is 1. The van der Waals surface area contributed by atoms with Gasteiger partial charge in [0.2, 0.25) is 0 Å². The van der Waals surface area contributed by atoms with Crippen LogP contribution in [0.5, 0.6) is 5.75 Å². The summed E-state index contributed by atoms with van der Waals surface area (Å²) >= 11 is 0. The van der Waals surface area contributed by atoms with Gasteiger partial charge in [0, 0.05) is 17.1 Å². The first kappa shape index (κ1) is 15.5. The van der Waals surface area contributed by atoms with Gasteiger partial charge in [-0.2, -0.15) is 0 Å². The predicted molar refractivity (Wildman–Crippen MR) is 75.4 cm³/mol. The van der Waals surface area contributed by atoms with Gasteiger partial charge in [-0.15, -0.1) is 0 Å². The van der Waals surface area contributed by atoms with Crippen LogP contribution in [0.15, 0.2) is 24.4 Å². The molecule has 3 heteroatoms. The van der Waals surface area contributed by atoms with Crippen LogP contribution >= 0.6 is 0 Å². The van der Waals surface area contributed by atoms with Crippen LogP contribution in [0.4, 0.5) is 0 Å². The highest BCUT2D eigenvalue weighted by atomic mass is 16.3. The number of aromatic amines is 1. The Hall–Kier alpha value is -1.48. The minimum atomic E-state index is 0.297. The Labute approximate surface area is 104 Å². The molecule has 3 nitrogen and oxygen atoms in total. The van der Waals surface area contributed by atoms with Crippen LogP contribution in [-0.4, -0.2) is 16.6 Å². The number of hydrogen-bond acceptors (Lipinski definition) is 2. The zero-order chi connectivity index (χ0) is 13.3. The monoisotopic (exact) mass is 236 g/mol. The second-order valence-electron chi connectivity index (χ2n) is 3.08. The molecule has 0 fully saturated rings. The van der Waals surface area contributed by atoms with E-state index in [0.29, 0.717) is 12.3 Å². The Bertz CT molecular complexity index is 421. The van der Waals surface area contributed by atoms with E-state index < -0.39 is 0 Å². The molecule has 0 unspecified atom stereocenters. The Kier molecular flexibility index (Phi) is 7.89. The van der Waals surface area contributed by atoms with Crippen LogP contribution in [0.3, 0.4) is 0 Å². The van der Waals surface area contributed by atoms with E-state index in [1.54, 1.807) is 12.1 Å². The Balaban J connectivity index is 0.000000581. The molecule has 17 heavy (non-hydrogen) atoms. The lowest BCUT2D eigenvalue weighted by Crippen LogP contribution is -2.01. The van der Waals surface area contributed by atoms with E-state index in [1.165, 1.54) is 0 Å². The van der Waals surface area contributed by atoms with Gasteiger partial charge in [0.05, 0.1) is 0 Å². The predicted octanol–water partition coefficient (Wildman–Crippen LogP) is 3.43. The van der Waals surface area contributed by atoms with Gasteiger partial charge < -0.3 is 15.8 Å². The number of benzene rings is 1. The maximum atomic E-state index is 9.30. The molecule has 0 saturated heterocycles. The summed E-state index contributed by atoms with van der Waals surface area (Å²) in [5.41, 5.74) is 7.68. The van der Waals surface area contributed by atoms with Gasteiger partial charge in [-0.25, -0.2) is 0 Å². The minimum Gasteiger partial charge on any atom is -0.508 e. The fourth-order valence-corrected chi connectivity index (χ4v) is 1.53. The van der Waals surface area contributed by atoms with E-state index in [4.69, 9.17) is 5.73 Å². The van der Waals surface area contributed by atoms with Crippen molar-refractivity contribution in [2.75, 3.05) is 6.54 Å². The standard InChI is InChI=1S/C10H12N2O.2C2H6/c11-4-3-7-6-12-10-2-1-8(13)5-9(7)10;2*1-2/h1-2,5-6,12-13H,3-4,11H2;2*1-2H3. The number of hydrogen-bond donors (Lipinski definition) is 3. The van der Waals surface area contributed by atoms with Crippen molar-refractivity contribution in [3.63, 3.8) is 0 Å². The smallest absolute Gasteiger partial charge is 0.116 e. The Morgan fingerprint density at radius 3 is 2.41 bits per heavy atom. The normalized spacial score (nSPS) is 9.00. The highest BCUT2D eigenvalue weighted by Gasteiger charge is 2.02. The van der Waals surface area contributed by atoms with Crippen molar-refractivity contribution in [2.24, 2.45) is 5.73 Å². The summed E-state index contributed by atoms with van der Waals surface area (Å²) in [6, 6.07) is 5.30. The fraction of sp³-hybridized carbons (Fsp3) is 0.429. The van der Waals surface area contributed by atoms with Crippen molar-refractivity contribution in [3.8, 4) is 5.75 Å². The van der Waals surface area contributed by atoms with Gasteiger partial charge in [0.15, 0.2) is 0 Å². The molecule has 0 aliphatic rings. The summed E-state index contributed by atoms with van der Waals surface area (Å²) in [4.78, 5) is 3.13. The molecule has 1 heterocycles. The van der Waals surface area contributed by atoms with E-state index in [1.807, 2.05) is 40.0 Å². The first-order chi connectivity index (χ1) is 8.31. The van der Waals surface area contributed by atoms with Crippen molar-refractivity contribution < 1.29 is 5.11 Å². The molecule has 4 N–H and O–H groups in total. The summed E-state index contributed by atoms with van der Waals surface area (Å²) in [5, 5.41) is 10.4. The van der Waals surface area contributed by atoms with E-state index in [2.05, 4.69) is 4.98 Å².